The van der Waals surface area contributed by atoms with Crippen LogP contribution in [0.3, 0.4) is 0 Å². The number of aryl methyl sites for hydroxylation is 1. The van der Waals surface area contributed by atoms with Crippen LogP contribution in [0.15, 0.2) is 48.9 Å². The van der Waals surface area contributed by atoms with Crippen LogP contribution in [0, 0.1) is 6.92 Å². The molecule has 6 nitrogen and oxygen atoms in total. The van der Waals surface area contributed by atoms with Gasteiger partial charge in [-0.05, 0) is 25.3 Å². The van der Waals surface area contributed by atoms with Gasteiger partial charge in [-0.15, -0.1) is 0 Å². The molecule has 1 fully saturated rings. The molecule has 1 aliphatic carbocycles. The minimum atomic E-state index is -0.0434. The zero-order valence-electron chi connectivity index (χ0n) is 15.2. The van der Waals surface area contributed by atoms with E-state index in [1.54, 1.807) is 12.4 Å². The average Bonchev–Trinajstić information content (AvgIpc) is 3.51. The van der Waals surface area contributed by atoms with Crippen molar-refractivity contribution in [1.29, 1.82) is 0 Å². The second kappa shape index (κ2) is 6.30. The van der Waals surface area contributed by atoms with Gasteiger partial charge in [-0.25, -0.2) is 15.0 Å². The highest BCUT2D eigenvalue weighted by atomic mass is 16.2. The number of hydrogen-bond acceptors (Lipinski definition) is 4. The van der Waals surface area contributed by atoms with Crippen molar-refractivity contribution in [1.82, 2.24) is 24.4 Å². The minimum Gasteiger partial charge on any atom is -0.328 e. The Kier molecular flexibility index (Phi) is 3.77. The molecule has 2 aromatic heterocycles. The summed E-state index contributed by atoms with van der Waals surface area (Å²) < 4.78 is 2.20. The molecule has 1 atom stereocenters. The predicted molar refractivity (Wildman–Crippen MR) is 100 cm³/mol. The van der Waals surface area contributed by atoms with Gasteiger partial charge in [0.1, 0.15) is 11.6 Å². The minimum absolute atomic E-state index is 0.0396. The third kappa shape index (κ3) is 2.91. The van der Waals surface area contributed by atoms with Crippen LogP contribution in [-0.4, -0.2) is 30.3 Å². The summed E-state index contributed by atoms with van der Waals surface area (Å²) in [6, 6.07) is 10.1. The zero-order chi connectivity index (χ0) is 18.4. The second-order valence-corrected chi connectivity index (χ2v) is 7.39. The van der Waals surface area contributed by atoms with Crippen molar-refractivity contribution in [3.63, 3.8) is 0 Å². The topological polar surface area (TPSA) is 63.9 Å². The molecule has 1 saturated carbocycles. The van der Waals surface area contributed by atoms with Crippen LogP contribution in [0.2, 0.25) is 0 Å². The van der Waals surface area contributed by atoms with Gasteiger partial charge in [0.25, 0.3) is 5.91 Å². The van der Waals surface area contributed by atoms with Crippen LogP contribution in [0.25, 0.3) is 0 Å². The van der Waals surface area contributed by atoms with Gasteiger partial charge in [0.2, 0.25) is 0 Å². The Morgan fingerprint density at radius 1 is 1.04 bits per heavy atom. The van der Waals surface area contributed by atoms with Crippen LogP contribution in [0.1, 0.15) is 58.1 Å². The summed E-state index contributed by atoms with van der Waals surface area (Å²) in [4.78, 5) is 28.5. The first-order valence-corrected chi connectivity index (χ1v) is 9.39. The molecule has 0 saturated heterocycles. The lowest BCUT2D eigenvalue weighted by molar-refractivity contribution is 0.0582. The molecule has 1 amide bonds. The van der Waals surface area contributed by atoms with E-state index in [2.05, 4.69) is 38.6 Å². The first-order chi connectivity index (χ1) is 13.2. The summed E-state index contributed by atoms with van der Waals surface area (Å²) in [5.41, 5.74) is 2.78. The summed E-state index contributed by atoms with van der Waals surface area (Å²) in [5, 5.41) is 0. The monoisotopic (exact) mass is 359 g/mol. The molecule has 1 aliphatic heterocycles. The number of imidazole rings is 1. The average molecular weight is 359 g/mol. The Bertz CT molecular complexity index is 976. The van der Waals surface area contributed by atoms with Gasteiger partial charge in [0.05, 0.1) is 18.2 Å². The van der Waals surface area contributed by atoms with Crippen molar-refractivity contribution >= 4 is 5.91 Å². The molecular formula is C21H21N5O. The number of carbonyl (C=O) groups is 1. The van der Waals surface area contributed by atoms with Gasteiger partial charge in [0, 0.05) is 36.7 Å². The van der Waals surface area contributed by atoms with E-state index < -0.39 is 0 Å². The first kappa shape index (κ1) is 16.2. The number of rotatable bonds is 3. The fraction of sp³-hybridized carbons (Fsp3) is 0.333. The SMILES string of the molecule is Cc1cnc2n1C[C@@H](c1ccccc1)N(C(=O)c1cnc(C3CC3)nc1)C2. The van der Waals surface area contributed by atoms with Crippen molar-refractivity contribution in [2.24, 2.45) is 0 Å². The van der Waals surface area contributed by atoms with E-state index in [-0.39, 0.29) is 11.9 Å². The molecule has 0 unspecified atom stereocenters. The van der Waals surface area contributed by atoms with E-state index in [1.165, 1.54) is 0 Å². The van der Waals surface area contributed by atoms with Crippen molar-refractivity contribution in [2.45, 2.75) is 44.8 Å². The molecule has 136 valence electrons. The van der Waals surface area contributed by atoms with Gasteiger partial charge < -0.3 is 9.47 Å². The maximum Gasteiger partial charge on any atom is 0.257 e. The van der Waals surface area contributed by atoms with Crippen LogP contribution in [0.4, 0.5) is 0 Å². The Labute approximate surface area is 157 Å². The quantitative estimate of drug-likeness (QED) is 0.720. The van der Waals surface area contributed by atoms with E-state index in [0.29, 0.717) is 24.6 Å². The van der Waals surface area contributed by atoms with Crippen LogP contribution in [-0.2, 0) is 13.1 Å². The number of benzene rings is 1. The van der Waals surface area contributed by atoms with Crippen molar-refractivity contribution < 1.29 is 4.79 Å². The Balaban J connectivity index is 1.50. The summed E-state index contributed by atoms with van der Waals surface area (Å²) in [7, 11) is 0. The lowest BCUT2D eigenvalue weighted by Crippen LogP contribution is -2.41. The molecule has 0 N–H and O–H groups in total. The van der Waals surface area contributed by atoms with Crippen LogP contribution < -0.4 is 0 Å². The molecule has 3 aromatic rings. The summed E-state index contributed by atoms with van der Waals surface area (Å²) >= 11 is 0. The summed E-state index contributed by atoms with van der Waals surface area (Å²) in [6.45, 7) is 3.25. The van der Waals surface area contributed by atoms with Crippen molar-refractivity contribution in [2.75, 3.05) is 0 Å². The molecular weight excluding hydrogens is 338 g/mol. The van der Waals surface area contributed by atoms with Gasteiger partial charge in [0.15, 0.2) is 0 Å². The Hall–Kier alpha value is -3.02. The molecule has 6 heteroatoms. The third-order valence-electron chi connectivity index (χ3n) is 5.49. The van der Waals surface area contributed by atoms with Gasteiger partial charge in [-0.1, -0.05) is 30.3 Å². The predicted octanol–water partition coefficient (Wildman–Crippen LogP) is 3.26. The molecule has 1 aromatic carbocycles. The highest BCUT2D eigenvalue weighted by Crippen LogP contribution is 2.38. The summed E-state index contributed by atoms with van der Waals surface area (Å²) in [6.07, 6.45) is 7.53. The number of fused-ring (bicyclic) bond motifs is 1. The van der Waals surface area contributed by atoms with E-state index in [1.807, 2.05) is 29.3 Å². The molecule has 5 rings (SSSR count). The highest BCUT2D eigenvalue weighted by molar-refractivity contribution is 5.94. The standard InChI is InChI=1S/C21H21N5O/c1-14-9-22-19-13-26(18(12-25(14)19)15-5-3-2-4-6-15)21(27)17-10-23-20(24-11-17)16-7-8-16/h2-6,9-11,16,18H,7-8,12-13H2,1H3/t18-/m0/s1. The van der Waals surface area contributed by atoms with Gasteiger partial charge in [-0.2, -0.15) is 0 Å². The normalized spacial score (nSPS) is 19.0. The molecule has 0 bridgehead atoms. The number of carbonyl (C=O) groups excluding carboxylic acids is 1. The zero-order valence-corrected chi connectivity index (χ0v) is 15.2. The lowest BCUT2D eigenvalue weighted by atomic mass is 10.0. The van der Waals surface area contributed by atoms with Crippen LogP contribution in [0.5, 0.6) is 0 Å². The first-order valence-electron chi connectivity index (χ1n) is 9.39. The summed E-state index contributed by atoms with van der Waals surface area (Å²) in [5.74, 6) is 2.22. The fourth-order valence-electron chi connectivity index (χ4n) is 3.76. The Morgan fingerprint density at radius 3 is 2.48 bits per heavy atom. The van der Waals surface area contributed by atoms with E-state index in [9.17, 15) is 4.79 Å². The highest BCUT2D eigenvalue weighted by Gasteiger charge is 2.33. The third-order valence-corrected chi connectivity index (χ3v) is 5.49. The molecule has 2 aliphatic rings. The maximum absolute atomic E-state index is 13.3. The number of nitrogens with zero attached hydrogens (tertiary/aromatic N) is 5. The number of amides is 1. The Morgan fingerprint density at radius 2 is 1.78 bits per heavy atom. The molecule has 0 radical (unpaired) electrons. The van der Waals surface area contributed by atoms with E-state index >= 15 is 0 Å². The van der Waals surface area contributed by atoms with Crippen molar-refractivity contribution in [3.8, 4) is 0 Å². The molecule has 27 heavy (non-hydrogen) atoms. The van der Waals surface area contributed by atoms with Gasteiger partial charge >= 0.3 is 0 Å². The van der Waals surface area contributed by atoms with Gasteiger partial charge in [-0.3, -0.25) is 4.79 Å². The van der Waals surface area contributed by atoms with Crippen LogP contribution >= 0.6 is 0 Å². The number of aromatic nitrogens is 4. The van der Waals surface area contributed by atoms with E-state index in [4.69, 9.17) is 0 Å². The van der Waals surface area contributed by atoms with E-state index in [0.717, 1.165) is 35.7 Å². The number of hydrogen-bond donors (Lipinski definition) is 0. The largest absolute Gasteiger partial charge is 0.328 e. The lowest BCUT2D eigenvalue weighted by Gasteiger charge is -2.37. The molecule has 0 spiro atoms. The smallest absolute Gasteiger partial charge is 0.257 e. The second-order valence-electron chi connectivity index (χ2n) is 7.39. The van der Waals surface area contributed by atoms with Crippen molar-refractivity contribution in [3.05, 3.63) is 77.4 Å². The fourth-order valence-corrected chi connectivity index (χ4v) is 3.76. The molecule has 3 heterocycles. The maximum atomic E-state index is 13.3.